The van der Waals surface area contributed by atoms with Crippen molar-refractivity contribution in [2.24, 2.45) is 0 Å². The lowest BCUT2D eigenvalue weighted by molar-refractivity contribution is -0.115. The molecule has 2 aliphatic rings. The Morgan fingerprint density at radius 3 is 1.52 bits per heavy atom. The number of hydrogen-bond donors (Lipinski definition) is 2. The molecule has 0 aliphatic heterocycles. The highest BCUT2D eigenvalue weighted by Crippen LogP contribution is 2.16. The number of para-hydroxylation sites is 1. The Balaban J connectivity index is 0.000000176. The van der Waals surface area contributed by atoms with Crippen LogP contribution in [0.15, 0.2) is 90.3 Å². The van der Waals surface area contributed by atoms with Gasteiger partial charge in [-0.2, -0.15) is 0 Å². The molecule has 0 fully saturated rings. The lowest BCUT2D eigenvalue weighted by Gasteiger charge is -2.15. The van der Waals surface area contributed by atoms with Crippen molar-refractivity contribution in [3.8, 4) is 0 Å². The number of ketones is 4. The summed E-state index contributed by atoms with van der Waals surface area (Å²) in [5.41, 5.74) is 2.36. The third-order valence-electron chi connectivity index (χ3n) is 4.27. The van der Waals surface area contributed by atoms with Gasteiger partial charge in [-0.25, -0.2) is 0 Å². The maximum Gasteiger partial charge on any atom is 0.204 e. The molecule has 0 amide bonds. The van der Waals surface area contributed by atoms with Gasteiger partial charge in [0.1, 0.15) is 11.4 Å². The van der Waals surface area contributed by atoms with Gasteiger partial charge in [-0.1, -0.05) is 42.5 Å². The first-order valence-electron chi connectivity index (χ1n) is 8.88. The van der Waals surface area contributed by atoms with Crippen LogP contribution in [0.1, 0.15) is 20.7 Å². The second-order valence-electron chi connectivity index (χ2n) is 6.16. The van der Waals surface area contributed by atoms with Crippen LogP contribution in [-0.2, 0) is 9.59 Å². The number of benzene rings is 2. The van der Waals surface area contributed by atoms with Crippen LogP contribution in [0.5, 0.6) is 0 Å². The van der Waals surface area contributed by atoms with E-state index in [0.29, 0.717) is 16.8 Å². The molecule has 2 aromatic rings. The van der Waals surface area contributed by atoms with Crippen LogP contribution in [0.3, 0.4) is 0 Å². The van der Waals surface area contributed by atoms with E-state index in [4.69, 9.17) is 0 Å². The highest BCUT2D eigenvalue weighted by Gasteiger charge is 2.21. The Morgan fingerprint density at radius 1 is 0.552 bits per heavy atom. The summed E-state index contributed by atoms with van der Waals surface area (Å²) in [5, 5.41) is 5.71. The summed E-state index contributed by atoms with van der Waals surface area (Å²) in [6.07, 6.45) is 5.16. The monoisotopic (exact) mass is 386 g/mol. The van der Waals surface area contributed by atoms with E-state index >= 15 is 0 Å². The largest absolute Gasteiger partial charge is 0.383 e. The second kappa shape index (κ2) is 8.75. The minimum absolute atomic E-state index is 0.0924. The summed E-state index contributed by atoms with van der Waals surface area (Å²) in [6, 6.07) is 16.1. The summed E-state index contributed by atoms with van der Waals surface area (Å²) in [5.74, 6) is -0.598. The SMILES string of the molecule is CNC1=C(Nc2ccccc2)C(=O)C=CC1=O.O=C1C=CC(=O)c2ccccc21. The molecule has 4 rings (SSSR count). The standard InChI is InChI=1S/C13H12N2O2.C10H6O2/c1-14-12-10(16)7-8-11(17)13(12)15-9-5-3-2-4-6-9;11-9-5-6-10(12)8-4-2-1-3-7(8)9/h2-8,14-15H,1H3;1-6H. The molecular weight excluding hydrogens is 368 g/mol. The molecule has 2 aliphatic carbocycles. The Morgan fingerprint density at radius 2 is 1.00 bits per heavy atom. The molecule has 2 N–H and O–H groups in total. The molecule has 0 radical (unpaired) electrons. The first-order chi connectivity index (χ1) is 14.0. The van der Waals surface area contributed by atoms with Crippen LogP contribution in [-0.4, -0.2) is 30.2 Å². The normalized spacial score (nSPS) is 14.9. The summed E-state index contributed by atoms with van der Waals surface area (Å²) >= 11 is 0. The number of carbonyl (C=O) groups is 4. The lowest BCUT2D eigenvalue weighted by Crippen LogP contribution is -2.27. The predicted molar refractivity (Wildman–Crippen MR) is 110 cm³/mol. The average molecular weight is 386 g/mol. The van der Waals surface area contributed by atoms with Crippen LogP contribution < -0.4 is 10.6 Å². The van der Waals surface area contributed by atoms with Crippen LogP contribution in [0, 0.1) is 0 Å². The number of fused-ring (bicyclic) bond motifs is 1. The molecule has 0 atom stereocenters. The molecule has 6 heteroatoms. The fourth-order valence-corrected chi connectivity index (χ4v) is 2.85. The average Bonchev–Trinajstić information content (AvgIpc) is 2.75. The Hall–Kier alpha value is -4.06. The molecule has 0 heterocycles. The van der Waals surface area contributed by atoms with E-state index in [2.05, 4.69) is 10.6 Å². The predicted octanol–water partition coefficient (Wildman–Crippen LogP) is 2.86. The highest BCUT2D eigenvalue weighted by molar-refractivity contribution is 6.22. The number of likely N-dealkylation sites (N-methyl/N-ethyl adjacent to an activating group) is 1. The van der Waals surface area contributed by atoms with Crippen molar-refractivity contribution in [3.63, 3.8) is 0 Å². The van der Waals surface area contributed by atoms with Gasteiger partial charge >= 0.3 is 0 Å². The van der Waals surface area contributed by atoms with E-state index in [1.54, 1.807) is 31.3 Å². The molecule has 0 bridgehead atoms. The first-order valence-corrected chi connectivity index (χ1v) is 8.88. The van der Waals surface area contributed by atoms with Crippen molar-refractivity contribution in [2.45, 2.75) is 0 Å². The Labute approximate surface area is 167 Å². The fourth-order valence-electron chi connectivity index (χ4n) is 2.85. The number of allylic oxidation sites excluding steroid dienone is 4. The van der Waals surface area contributed by atoms with E-state index in [-0.39, 0.29) is 28.8 Å². The molecular formula is C23H18N2O4. The zero-order chi connectivity index (χ0) is 20.8. The topological polar surface area (TPSA) is 92.3 Å². The number of hydrogen-bond acceptors (Lipinski definition) is 6. The quantitative estimate of drug-likeness (QED) is 0.788. The summed E-state index contributed by atoms with van der Waals surface area (Å²) in [6.45, 7) is 0. The lowest BCUT2D eigenvalue weighted by atomic mass is 9.95. The second-order valence-corrected chi connectivity index (χ2v) is 6.16. The number of anilines is 1. The zero-order valence-corrected chi connectivity index (χ0v) is 15.6. The van der Waals surface area contributed by atoms with Crippen molar-refractivity contribution in [1.82, 2.24) is 5.32 Å². The van der Waals surface area contributed by atoms with E-state index in [1.807, 2.05) is 30.3 Å². The summed E-state index contributed by atoms with van der Waals surface area (Å²) < 4.78 is 0. The van der Waals surface area contributed by atoms with Crippen LogP contribution in [0.4, 0.5) is 5.69 Å². The van der Waals surface area contributed by atoms with Gasteiger partial charge in [-0.3, -0.25) is 19.2 Å². The van der Waals surface area contributed by atoms with Crippen LogP contribution in [0.2, 0.25) is 0 Å². The van der Waals surface area contributed by atoms with Gasteiger partial charge in [0.05, 0.1) is 0 Å². The highest BCUT2D eigenvalue weighted by atomic mass is 16.1. The molecule has 0 saturated heterocycles. The van der Waals surface area contributed by atoms with E-state index < -0.39 is 0 Å². The van der Waals surface area contributed by atoms with Gasteiger partial charge in [-0.05, 0) is 36.4 Å². The zero-order valence-electron chi connectivity index (χ0n) is 15.6. The molecule has 0 spiro atoms. The van der Waals surface area contributed by atoms with E-state index in [1.165, 1.54) is 24.3 Å². The van der Waals surface area contributed by atoms with Crippen molar-refractivity contribution >= 4 is 28.8 Å². The molecule has 29 heavy (non-hydrogen) atoms. The van der Waals surface area contributed by atoms with Crippen molar-refractivity contribution < 1.29 is 19.2 Å². The van der Waals surface area contributed by atoms with Gasteiger partial charge in [0.2, 0.25) is 11.6 Å². The molecule has 0 unspecified atom stereocenters. The molecule has 0 aromatic heterocycles. The minimum atomic E-state index is -0.210. The first kappa shape index (κ1) is 19.7. The molecule has 0 saturated carbocycles. The van der Waals surface area contributed by atoms with Gasteiger partial charge in [-0.15, -0.1) is 0 Å². The van der Waals surface area contributed by atoms with Crippen molar-refractivity contribution in [3.05, 3.63) is 101 Å². The van der Waals surface area contributed by atoms with Crippen LogP contribution in [0.25, 0.3) is 0 Å². The van der Waals surface area contributed by atoms with Crippen molar-refractivity contribution in [1.29, 1.82) is 0 Å². The summed E-state index contributed by atoms with van der Waals surface area (Å²) in [4.78, 5) is 45.7. The van der Waals surface area contributed by atoms with E-state index in [0.717, 1.165) is 5.69 Å². The maximum absolute atomic E-state index is 11.7. The third kappa shape index (κ3) is 4.44. The van der Waals surface area contributed by atoms with Crippen molar-refractivity contribution in [2.75, 3.05) is 12.4 Å². The smallest absolute Gasteiger partial charge is 0.204 e. The molecule has 6 nitrogen and oxygen atoms in total. The van der Waals surface area contributed by atoms with Gasteiger partial charge in [0.15, 0.2) is 11.6 Å². The van der Waals surface area contributed by atoms with Crippen LogP contribution >= 0.6 is 0 Å². The number of rotatable bonds is 3. The minimum Gasteiger partial charge on any atom is -0.383 e. The number of carbonyl (C=O) groups excluding carboxylic acids is 4. The molecule has 2 aromatic carbocycles. The van der Waals surface area contributed by atoms with Gasteiger partial charge < -0.3 is 10.6 Å². The maximum atomic E-state index is 11.7. The van der Waals surface area contributed by atoms with Gasteiger partial charge in [0.25, 0.3) is 0 Å². The Bertz CT molecular complexity index is 1040. The molecule has 144 valence electrons. The fraction of sp³-hybridized carbons (Fsp3) is 0.0435. The van der Waals surface area contributed by atoms with Gasteiger partial charge in [0, 0.05) is 23.9 Å². The Kier molecular flexibility index (Phi) is 5.94. The number of nitrogens with one attached hydrogen (secondary N) is 2. The third-order valence-corrected chi connectivity index (χ3v) is 4.27. The van der Waals surface area contributed by atoms with E-state index in [9.17, 15) is 19.2 Å². The summed E-state index contributed by atoms with van der Waals surface area (Å²) in [7, 11) is 1.62.